The number of ether oxygens (including phenoxy) is 2. The second-order valence-corrected chi connectivity index (χ2v) is 7.41. The molecular formula is C20H19N3O3S. The zero-order chi connectivity index (χ0) is 18.9. The standard InChI is InChI=1S/C20H19N3O3S/c1-13(24)16-6-7-17(27-16)15-4-3-5-18(22-15)23-19-12-14(8-9-21-19)20(2)25-10-11-26-20/h3-9,12H,10-11H2,1-2H3,(H,21,22,23). The SMILES string of the molecule is CC(=O)c1ccc(-c2cccc(Nc3cc(C4(C)OCCO4)ccn3)n2)s1. The van der Waals surface area contributed by atoms with Gasteiger partial charge in [0.15, 0.2) is 11.6 Å². The molecule has 7 heteroatoms. The van der Waals surface area contributed by atoms with E-state index < -0.39 is 5.79 Å². The van der Waals surface area contributed by atoms with Gasteiger partial charge in [0.2, 0.25) is 0 Å². The summed E-state index contributed by atoms with van der Waals surface area (Å²) >= 11 is 1.44. The monoisotopic (exact) mass is 381 g/mol. The van der Waals surface area contributed by atoms with Gasteiger partial charge in [-0.25, -0.2) is 9.97 Å². The van der Waals surface area contributed by atoms with Gasteiger partial charge in [-0.15, -0.1) is 11.3 Å². The molecule has 1 aliphatic rings. The van der Waals surface area contributed by atoms with Gasteiger partial charge in [0.1, 0.15) is 11.6 Å². The molecule has 0 amide bonds. The first-order valence-corrected chi connectivity index (χ1v) is 9.45. The number of Topliss-reactive ketones (excluding diaryl/α,β-unsaturated/α-hetero) is 1. The molecular weight excluding hydrogens is 362 g/mol. The van der Waals surface area contributed by atoms with Crippen LogP contribution < -0.4 is 5.32 Å². The molecule has 0 radical (unpaired) electrons. The summed E-state index contributed by atoms with van der Waals surface area (Å²) in [5.41, 5.74) is 1.71. The minimum absolute atomic E-state index is 0.0615. The Labute approximate surface area is 161 Å². The summed E-state index contributed by atoms with van der Waals surface area (Å²) in [6, 6.07) is 13.3. The van der Waals surface area contributed by atoms with E-state index >= 15 is 0 Å². The van der Waals surface area contributed by atoms with E-state index in [0.717, 1.165) is 21.0 Å². The van der Waals surface area contributed by atoms with Crippen molar-refractivity contribution in [2.45, 2.75) is 19.6 Å². The fourth-order valence-corrected chi connectivity index (χ4v) is 3.77. The Hall–Kier alpha value is -2.61. The number of anilines is 2. The molecule has 3 aromatic heterocycles. The first-order chi connectivity index (χ1) is 13.0. The van der Waals surface area contributed by atoms with Crippen molar-refractivity contribution in [2.75, 3.05) is 18.5 Å². The Balaban J connectivity index is 1.57. The smallest absolute Gasteiger partial charge is 0.192 e. The predicted molar refractivity (Wildman–Crippen MR) is 104 cm³/mol. The lowest BCUT2D eigenvalue weighted by Crippen LogP contribution is -2.22. The van der Waals surface area contributed by atoms with E-state index in [1.165, 1.54) is 11.3 Å². The van der Waals surface area contributed by atoms with Crippen LogP contribution in [-0.4, -0.2) is 29.0 Å². The van der Waals surface area contributed by atoms with Crippen molar-refractivity contribution >= 4 is 28.8 Å². The van der Waals surface area contributed by atoms with Crippen LogP contribution in [0.25, 0.3) is 10.6 Å². The van der Waals surface area contributed by atoms with Crippen LogP contribution in [0.3, 0.4) is 0 Å². The van der Waals surface area contributed by atoms with Gasteiger partial charge >= 0.3 is 0 Å². The van der Waals surface area contributed by atoms with E-state index in [4.69, 9.17) is 9.47 Å². The van der Waals surface area contributed by atoms with Gasteiger partial charge in [0, 0.05) is 11.8 Å². The van der Waals surface area contributed by atoms with E-state index in [1.54, 1.807) is 13.1 Å². The minimum Gasteiger partial charge on any atom is -0.344 e. The summed E-state index contributed by atoms with van der Waals surface area (Å²) in [5.74, 6) is 0.655. The first kappa shape index (κ1) is 17.8. The molecule has 1 N–H and O–H groups in total. The van der Waals surface area contributed by atoms with Gasteiger partial charge in [0.25, 0.3) is 0 Å². The van der Waals surface area contributed by atoms with Gasteiger partial charge in [-0.1, -0.05) is 6.07 Å². The van der Waals surface area contributed by atoms with Crippen LogP contribution in [-0.2, 0) is 15.3 Å². The zero-order valence-electron chi connectivity index (χ0n) is 15.1. The highest BCUT2D eigenvalue weighted by molar-refractivity contribution is 7.17. The average molecular weight is 381 g/mol. The van der Waals surface area contributed by atoms with Crippen molar-refractivity contribution < 1.29 is 14.3 Å². The third kappa shape index (κ3) is 3.75. The summed E-state index contributed by atoms with van der Waals surface area (Å²) in [7, 11) is 0. The number of carbonyl (C=O) groups excluding carboxylic acids is 1. The molecule has 3 aromatic rings. The Kier molecular flexibility index (Phi) is 4.73. The number of hydrogen-bond acceptors (Lipinski definition) is 7. The molecule has 0 bridgehead atoms. The Morgan fingerprint density at radius 2 is 1.96 bits per heavy atom. The van der Waals surface area contributed by atoms with E-state index in [1.807, 2.05) is 49.4 Å². The van der Waals surface area contributed by atoms with Gasteiger partial charge in [0.05, 0.1) is 28.7 Å². The van der Waals surface area contributed by atoms with Crippen LogP contribution in [0, 0.1) is 0 Å². The van der Waals surface area contributed by atoms with Crippen LogP contribution in [0.4, 0.5) is 11.6 Å². The number of nitrogens with one attached hydrogen (secondary N) is 1. The second kappa shape index (κ2) is 7.19. The van der Waals surface area contributed by atoms with Gasteiger partial charge in [-0.05, 0) is 50.2 Å². The third-order valence-electron chi connectivity index (χ3n) is 4.33. The molecule has 0 unspecified atom stereocenters. The molecule has 0 atom stereocenters. The highest BCUT2D eigenvalue weighted by Crippen LogP contribution is 2.32. The number of rotatable bonds is 5. The van der Waals surface area contributed by atoms with Gasteiger partial charge < -0.3 is 14.8 Å². The first-order valence-electron chi connectivity index (χ1n) is 8.63. The van der Waals surface area contributed by atoms with Crippen LogP contribution in [0.2, 0.25) is 0 Å². The number of hydrogen-bond donors (Lipinski definition) is 1. The molecule has 0 spiro atoms. The van der Waals surface area contributed by atoms with Gasteiger partial charge in [-0.2, -0.15) is 0 Å². The molecule has 0 saturated carbocycles. The summed E-state index contributed by atoms with van der Waals surface area (Å²) in [5, 5.41) is 3.23. The number of aromatic nitrogens is 2. The number of nitrogens with zero attached hydrogens (tertiary/aromatic N) is 2. The number of pyridine rings is 2. The van der Waals surface area contributed by atoms with E-state index in [2.05, 4.69) is 15.3 Å². The maximum Gasteiger partial charge on any atom is 0.192 e. The molecule has 1 fully saturated rings. The van der Waals surface area contributed by atoms with Crippen LogP contribution in [0.5, 0.6) is 0 Å². The average Bonchev–Trinajstić information content (AvgIpc) is 3.32. The lowest BCUT2D eigenvalue weighted by Gasteiger charge is -2.23. The van der Waals surface area contributed by atoms with Crippen molar-refractivity contribution in [1.29, 1.82) is 0 Å². The van der Waals surface area contributed by atoms with Crippen molar-refractivity contribution in [3.63, 3.8) is 0 Å². The van der Waals surface area contributed by atoms with Crippen molar-refractivity contribution in [3.8, 4) is 10.6 Å². The topological polar surface area (TPSA) is 73.3 Å². The maximum absolute atomic E-state index is 11.5. The highest BCUT2D eigenvalue weighted by atomic mass is 32.1. The van der Waals surface area contributed by atoms with Crippen molar-refractivity contribution in [2.24, 2.45) is 0 Å². The Bertz CT molecular complexity index is 980. The molecule has 1 aliphatic heterocycles. The highest BCUT2D eigenvalue weighted by Gasteiger charge is 2.33. The molecule has 4 heterocycles. The van der Waals surface area contributed by atoms with Crippen LogP contribution in [0.1, 0.15) is 29.1 Å². The molecule has 4 rings (SSSR count). The number of carbonyl (C=O) groups is 1. The summed E-state index contributed by atoms with van der Waals surface area (Å²) in [6.07, 6.45) is 1.72. The fraction of sp³-hybridized carbons (Fsp3) is 0.250. The van der Waals surface area contributed by atoms with Crippen LogP contribution >= 0.6 is 11.3 Å². The minimum atomic E-state index is -0.741. The zero-order valence-corrected chi connectivity index (χ0v) is 15.9. The molecule has 138 valence electrons. The number of thiophene rings is 1. The van der Waals surface area contributed by atoms with Crippen molar-refractivity contribution in [1.82, 2.24) is 9.97 Å². The predicted octanol–water partition coefficient (Wildman–Crippen LogP) is 4.37. The molecule has 0 aliphatic carbocycles. The number of ketones is 1. The Morgan fingerprint density at radius 1 is 1.15 bits per heavy atom. The van der Waals surface area contributed by atoms with Crippen LogP contribution in [0.15, 0.2) is 48.7 Å². The van der Waals surface area contributed by atoms with Crippen molar-refractivity contribution in [3.05, 3.63) is 59.1 Å². The lowest BCUT2D eigenvalue weighted by molar-refractivity contribution is -0.149. The summed E-state index contributed by atoms with van der Waals surface area (Å²) in [4.78, 5) is 22.2. The largest absolute Gasteiger partial charge is 0.344 e. The third-order valence-corrected chi connectivity index (χ3v) is 5.54. The quantitative estimate of drug-likeness (QED) is 0.662. The fourth-order valence-electron chi connectivity index (χ4n) is 2.90. The lowest BCUT2D eigenvalue weighted by atomic mass is 10.1. The van der Waals surface area contributed by atoms with E-state index in [9.17, 15) is 4.79 Å². The van der Waals surface area contributed by atoms with E-state index in [-0.39, 0.29) is 5.78 Å². The maximum atomic E-state index is 11.5. The van der Waals surface area contributed by atoms with E-state index in [0.29, 0.717) is 24.8 Å². The Morgan fingerprint density at radius 3 is 2.70 bits per heavy atom. The molecule has 27 heavy (non-hydrogen) atoms. The van der Waals surface area contributed by atoms with Gasteiger partial charge in [-0.3, -0.25) is 4.79 Å². The molecule has 1 saturated heterocycles. The summed E-state index contributed by atoms with van der Waals surface area (Å²) in [6.45, 7) is 4.63. The molecule has 0 aromatic carbocycles. The summed E-state index contributed by atoms with van der Waals surface area (Å²) < 4.78 is 11.4. The normalized spacial score (nSPS) is 15.6. The second-order valence-electron chi connectivity index (χ2n) is 6.33. The molecule has 6 nitrogen and oxygen atoms in total.